The van der Waals surface area contributed by atoms with Gasteiger partial charge in [-0.05, 0) is 46.1 Å². The van der Waals surface area contributed by atoms with Crippen LogP contribution >= 0.6 is 0 Å². The summed E-state index contributed by atoms with van der Waals surface area (Å²) >= 11 is 0. The van der Waals surface area contributed by atoms with E-state index in [1.807, 2.05) is 13.0 Å². The highest BCUT2D eigenvalue weighted by Crippen LogP contribution is 2.14. The second-order valence-corrected chi connectivity index (χ2v) is 4.70. The molecule has 0 fully saturated rings. The molecule has 0 saturated carbocycles. The van der Waals surface area contributed by atoms with Gasteiger partial charge in [0.05, 0.1) is 6.61 Å². The summed E-state index contributed by atoms with van der Waals surface area (Å²) in [5.41, 5.74) is 3.16. The van der Waals surface area contributed by atoms with Crippen molar-refractivity contribution >= 4 is 0 Å². The predicted molar refractivity (Wildman–Crippen MR) is 72.8 cm³/mol. The predicted octanol–water partition coefficient (Wildman–Crippen LogP) is 4.35. The summed E-state index contributed by atoms with van der Waals surface area (Å²) in [7, 11) is 0. The number of hydrogen-bond acceptors (Lipinski definition) is 1. The van der Waals surface area contributed by atoms with E-state index in [9.17, 15) is 4.39 Å². The molecule has 1 nitrogen and oxygen atoms in total. The van der Waals surface area contributed by atoms with E-state index < -0.39 is 6.17 Å². The van der Waals surface area contributed by atoms with Gasteiger partial charge in [0.1, 0.15) is 6.17 Å². The lowest BCUT2D eigenvalue weighted by atomic mass is 10.1. The van der Waals surface area contributed by atoms with E-state index in [0.717, 1.165) is 12.8 Å². The zero-order chi connectivity index (χ0) is 13.3. The highest BCUT2D eigenvalue weighted by atomic mass is 19.1. The third kappa shape index (κ3) is 8.87. The van der Waals surface area contributed by atoms with Crippen molar-refractivity contribution in [2.24, 2.45) is 0 Å². The van der Waals surface area contributed by atoms with Crippen molar-refractivity contribution in [3.05, 3.63) is 34.9 Å². The molecule has 0 amide bonds. The monoisotopic (exact) mass is 240 g/mol. The van der Waals surface area contributed by atoms with Gasteiger partial charge in [-0.25, -0.2) is 4.39 Å². The molecular weight excluding hydrogens is 215 g/mol. The first-order valence-corrected chi connectivity index (χ1v) is 6.18. The van der Waals surface area contributed by atoms with Gasteiger partial charge in [0.2, 0.25) is 0 Å². The fourth-order valence-electron chi connectivity index (χ4n) is 1.45. The summed E-state index contributed by atoms with van der Waals surface area (Å²) in [4.78, 5) is 0. The number of halogens is 1. The third-order valence-corrected chi connectivity index (χ3v) is 2.67. The highest BCUT2D eigenvalue weighted by Gasteiger charge is 2.06. The zero-order valence-corrected chi connectivity index (χ0v) is 11.5. The van der Waals surface area contributed by atoms with Crippen molar-refractivity contribution in [2.45, 2.75) is 53.1 Å². The topological polar surface area (TPSA) is 20.2 Å². The summed E-state index contributed by atoms with van der Waals surface area (Å²) in [5.74, 6) is 0. The first-order valence-electron chi connectivity index (χ1n) is 6.18. The van der Waals surface area contributed by atoms with Gasteiger partial charge in [-0.3, -0.25) is 0 Å². The number of alkyl halides is 1. The maximum Gasteiger partial charge on any atom is 0.124 e. The van der Waals surface area contributed by atoms with Crippen LogP contribution in [0.2, 0.25) is 0 Å². The Labute approximate surface area is 105 Å². The van der Waals surface area contributed by atoms with Gasteiger partial charge in [0, 0.05) is 6.42 Å². The smallest absolute Gasteiger partial charge is 0.124 e. The second-order valence-electron chi connectivity index (χ2n) is 4.70. The minimum atomic E-state index is -0.972. The van der Waals surface area contributed by atoms with E-state index in [-0.39, 0.29) is 6.61 Å². The molecule has 0 heterocycles. The quantitative estimate of drug-likeness (QED) is 0.656. The summed E-state index contributed by atoms with van der Waals surface area (Å²) < 4.78 is 13.6. The van der Waals surface area contributed by atoms with Crippen molar-refractivity contribution in [2.75, 3.05) is 6.61 Å². The Morgan fingerprint density at radius 2 is 1.76 bits per heavy atom. The minimum Gasteiger partial charge on any atom is -0.392 e. The van der Waals surface area contributed by atoms with E-state index in [1.165, 1.54) is 17.2 Å². The van der Waals surface area contributed by atoms with E-state index in [2.05, 4.69) is 19.9 Å². The van der Waals surface area contributed by atoms with Gasteiger partial charge >= 0.3 is 0 Å². The first-order chi connectivity index (χ1) is 7.97. The number of allylic oxidation sites excluding steroid dienone is 5. The average molecular weight is 240 g/mol. The van der Waals surface area contributed by atoms with Crippen molar-refractivity contribution in [1.29, 1.82) is 0 Å². The minimum absolute atomic E-state index is 0.0878. The Morgan fingerprint density at radius 3 is 2.29 bits per heavy atom. The number of aliphatic hydroxyl groups excluding tert-OH is 1. The Bertz CT molecular complexity index is 296. The molecule has 98 valence electrons. The molecule has 0 aliphatic rings. The van der Waals surface area contributed by atoms with E-state index in [0.29, 0.717) is 12.0 Å². The molecule has 0 saturated heterocycles. The molecule has 0 spiro atoms. The van der Waals surface area contributed by atoms with Crippen molar-refractivity contribution in [3.8, 4) is 0 Å². The lowest BCUT2D eigenvalue weighted by molar-refractivity contribution is 0.334. The summed E-state index contributed by atoms with van der Waals surface area (Å²) in [6, 6.07) is 0. The van der Waals surface area contributed by atoms with E-state index in [1.54, 1.807) is 6.92 Å². The third-order valence-electron chi connectivity index (χ3n) is 2.67. The molecule has 1 unspecified atom stereocenters. The van der Waals surface area contributed by atoms with Crippen LogP contribution < -0.4 is 0 Å². The summed E-state index contributed by atoms with van der Waals surface area (Å²) in [6.45, 7) is 7.83. The molecule has 0 rings (SSSR count). The normalized spacial score (nSPS) is 14.7. The van der Waals surface area contributed by atoms with Crippen molar-refractivity contribution in [1.82, 2.24) is 0 Å². The van der Waals surface area contributed by atoms with Crippen LogP contribution in [0.5, 0.6) is 0 Å². The van der Waals surface area contributed by atoms with Crippen LogP contribution in [0.15, 0.2) is 34.9 Å². The van der Waals surface area contributed by atoms with Gasteiger partial charge in [-0.2, -0.15) is 0 Å². The Balaban J connectivity index is 4.06. The highest BCUT2D eigenvalue weighted by molar-refractivity contribution is 5.09. The molecule has 0 aromatic rings. The van der Waals surface area contributed by atoms with Crippen molar-refractivity contribution in [3.63, 3.8) is 0 Å². The molecule has 0 aliphatic heterocycles. The van der Waals surface area contributed by atoms with Crippen LogP contribution in [-0.4, -0.2) is 17.9 Å². The number of rotatable bonds is 7. The van der Waals surface area contributed by atoms with Gasteiger partial charge < -0.3 is 5.11 Å². The van der Waals surface area contributed by atoms with E-state index >= 15 is 0 Å². The fourth-order valence-corrected chi connectivity index (χ4v) is 1.45. The van der Waals surface area contributed by atoms with Crippen LogP contribution in [0.1, 0.15) is 47.0 Å². The molecular formula is C15H25FO. The molecule has 2 heteroatoms. The van der Waals surface area contributed by atoms with Crippen LogP contribution in [0.25, 0.3) is 0 Å². The van der Waals surface area contributed by atoms with Crippen LogP contribution in [0.3, 0.4) is 0 Å². The van der Waals surface area contributed by atoms with E-state index in [4.69, 9.17) is 5.11 Å². The second kappa shape index (κ2) is 9.17. The number of aliphatic hydroxyl groups is 1. The summed E-state index contributed by atoms with van der Waals surface area (Å²) in [5, 5.41) is 8.67. The Kier molecular flexibility index (Phi) is 8.69. The first kappa shape index (κ1) is 16.1. The van der Waals surface area contributed by atoms with Crippen molar-refractivity contribution < 1.29 is 9.50 Å². The molecule has 17 heavy (non-hydrogen) atoms. The molecule has 0 aliphatic carbocycles. The number of hydrogen-bond donors (Lipinski definition) is 1. The maximum absolute atomic E-state index is 13.6. The largest absolute Gasteiger partial charge is 0.392 e. The average Bonchev–Trinajstić information content (AvgIpc) is 2.25. The zero-order valence-electron chi connectivity index (χ0n) is 11.5. The molecule has 0 radical (unpaired) electrons. The summed E-state index contributed by atoms with van der Waals surface area (Å²) in [6.07, 6.45) is 7.12. The standard InChI is InChI=1S/C15H25FO/c1-12(2)6-5-7-13(3)8-9-15(16)14(4)10-11-17/h6,8,10,15,17H,5,7,9,11H2,1-4H3/b13-8+,14-10+. The SMILES string of the molecule is CC(C)=CCC/C(C)=C/CC(F)/C(C)=C/CO. The maximum atomic E-state index is 13.6. The van der Waals surface area contributed by atoms with Gasteiger partial charge in [-0.15, -0.1) is 0 Å². The van der Waals surface area contributed by atoms with Crippen LogP contribution in [0.4, 0.5) is 4.39 Å². The lowest BCUT2D eigenvalue weighted by Gasteiger charge is -2.06. The fraction of sp³-hybridized carbons (Fsp3) is 0.600. The van der Waals surface area contributed by atoms with Gasteiger partial charge in [0.25, 0.3) is 0 Å². The molecule has 1 atom stereocenters. The Hall–Kier alpha value is -0.890. The van der Waals surface area contributed by atoms with Gasteiger partial charge in [0.15, 0.2) is 0 Å². The molecule has 0 bridgehead atoms. The van der Waals surface area contributed by atoms with Crippen LogP contribution in [-0.2, 0) is 0 Å². The molecule has 0 aromatic carbocycles. The lowest BCUT2D eigenvalue weighted by Crippen LogP contribution is -2.01. The Morgan fingerprint density at radius 1 is 1.12 bits per heavy atom. The van der Waals surface area contributed by atoms with Crippen LogP contribution in [0, 0.1) is 0 Å². The van der Waals surface area contributed by atoms with Gasteiger partial charge in [-0.1, -0.05) is 29.4 Å². The molecule has 0 aromatic heterocycles. The molecule has 1 N–H and O–H groups in total.